The summed E-state index contributed by atoms with van der Waals surface area (Å²) in [6.45, 7) is 15.5. The quantitative estimate of drug-likeness (QED) is 0.364. The summed E-state index contributed by atoms with van der Waals surface area (Å²) < 4.78 is 2.04. The smallest absolute Gasteiger partial charge is 0.102 e. The van der Waals surface area contributed by atoms with Crippen LogP contribution in [0.15, 0.2) is 49.2 Å². The van der Waals surface area contributed by atoms with Crippen LogP contribution in [0.2, 0.25) is 0 Å². The maximum Gasteiger partial charge on any atom is 0.102 e. The molecule has 0 aliphatic heterocycles. The normalized spacial score (nSPS) is 13.5. The van der Waals surface area contributed by atoms with Gasteiger partial charge in [0, 0.05) is 17.0 Å². The van der Waals surface area contributed by atoms with Crippen molar-refractivity contribution in [3.05, 3.63) is 65.9 Å². The Morgan fingerprint density at radius 2 is 1.93 bits per heavy atom. The van der Waals surface area contributed by atoms with Gasteiger partial charge in [-0.3, -0.25) is 0 Å². The van der Waals surface area contributed by atoms with E-state index in [1.807, 2.05) is 16.7 Å². The summed E-state index contributed by atoms with van der Waals surface area (Å²) in [6, 6.07) is 13.3. The summed E-state index contributed by atoms with van der Waals surface area (Å²) in [5.74, 6) is 0.487. The average Bonchev–Trinajstić information content (AvgIpc) is 3.05. The number of aromatic nitrogens is 2. The predicted molar refractivity (Wildman–Crippen MR) is 122 cm³/mol. The fraction of sp³-hybridized carbons (Fsp3) is 0.346. The fourth-order valence-corrected chi connectivity index (χ4v) is 4.45. The maximum absolute atomic E-state index is 5.07. The minimum Gasteiger partial charge on any atom is -0.240 e. The highest BCUT2D eigenvalue weighted by atomic mass is 15.2. The third-order valence-corrected chi connectivity index (χ3v) is 5.86. The van der Waals surface area contributed by atoms with Crippen LogP contribution in [0, 0.1) is 0 Å². The standard InChI is InChI=1S/C26H30N2/c1-7-11-17(3)20-15-18(8-2)14-19-16-21(26(4,5)6)24-22-12-9-10-13-28(22)27-25(24)23(19)20/h8-10,12-17H,2,7,11H2,1,3-6H3. The summed E-state index contributed by atoms with van der Waals surface area (Å²) in [6.07, 6.45) is 6.37. The van der Waals surface area contributed by atoms with Crippen molar-refractivity contribution in [1.29, 1.82) is 0 Å². The molecule has 0 spiro atoms. The van der Waals surface area contributed by atoms with E-state index in [1.165, 1.54) is 51.2 Å². The molecular weight excluding hydrogens is 340 g/mol. The van der Waals surface area contributed by atoms with E-state index in [1.54, 1.807) is 0 Å². The predicted octanol–water partition coefficient (Wildman–Crippen LogP) is 7.48. The first-order valence-electron chi connectivity index (χ1n) is 10.4. The van der Waals surface area contributed by atoms with Crippen molar-refractivity contribution in [1.82, 2.24) is 9.61 Å². The molecule has 28 heavy (non-hydrogen) atoms. The Kier molecular flexibility index (Phi) is 4.53. The van der Waals surface area contributed by atoms with Crippen molar-refractivity contribution in [2.75, 3.05) is 0 Å². The molecule has 2 heterocycles. The molecule has 1 atom stereocenters. The largest absolute Gasteiger partial charge is 0.240 e. The van der Waals surface area contributed by atoms with Crippen LogP contribution in [0.1, 0.15) is 70.1 Å². The van der Waals surface area contributed by atoms with Crippen LogP contribution in [-0.2, 0) is 5.41 Å². The Balaban J connectivity index is 2.25. The first-order chi connectivity index (χ1) is 13.3. The van der Waals surface area contributed by atoms with E-state index in [4.69, 9.17) is 5.10 Å². The summed E-state index contributed by atoms with van der Waals surface area (Å²) in [5, 5.41) is 8.93. The Bertz CT molecular complexity index is 1190. The van der Waals surface area contributed by atoms with Crippen LogP contribution in [0.3, 0.4) is 0 Å². The second-order valence-electron chi connectivity index (χ2n) is 9.03. The molecule has 2 heteroatoms. The zero-order valence-electron chi connectivity index (χ0n) is 17.7. The van der Waals surface area contributed by atoms with E-state index in [9.17, 15) is 0 Å². The molecular formula is C26H30N2. The zero-order chi connectivity index (χ0) is 20.1. The molecule has 4 aromatic rings. The van der Waals surface area contributed by atoms with Crippen LogP contribution >= 0.6 is 0 Å². The van der Waals surface area contributed by atoms with Crippen molar-refractivity contribution in [2.24, 2.45) is 0 Å². The molecule has 0 aliphatic carbocycles. The van der Waals surface area contributed by atoms with Gasteiger partial charge in [0.25, 0.3) is 0 Å². The summed E-state index contributed by atoms with van der Waals surface area (Å²) in [4.78, 5) is 0. The molecule has 0 aliphatic rings. The molecule has 0 amide bonds. The van der Waals surface area contributed by atoms with E-state index in [0.29, 0.717) is 5.92 Å². The van der Waals surface area contributed by atoms with E-state index in [-0.39, 0.29) is 5.41 Å². The highest BCUT2D eigenvalue weighted by Crippen LogP contribution is 2.41. The molecule has 0 bridgehead atoms. The van der Waals surface area contributed by atoms with Crippen molar-refractivity contribution in [3.63, 3.8) is 0 Å². The van der Waals surface area contributed by atoms with Crippen molar-refractivity contribution >= 4 is 33.3 Å². The van der Waals surface area contributed by atoms with Crippen LogP contribution in [0.25, 0.3) is 33.3 Å². The second kappa shape index (κ2) is 6.77. The molecule has 1 unspecified atom stereocenters. The minimum absolute atomic E-state index is 0.0329. The molecule has 0 saturated carbocycles. The molecule has 2 aromatic carbocycles. The van der Waals surface area contributed by atoms with E-state index in [0.717, 1.165) is 5.52 Å². The van der Waals surface area contributed by atoms with Gasteiger partial charge in [0.2, 0.25) is 0 Å². The van der Waals surface area contributed by atoms with E-state index >= 15 is 0 Å². The monoisotopic (exact) mass is 370 g/mol. The number of pyridine rings is 1. The van der Waals surface area contributed by atoms with E-state index in [2.05, 4.69) is 77.7 Å². The third kappa shape index (κ3) is 2.92. The van der Waals surface area contributed by atoms with Crippen LogP contribution in [-0.4, -0.2) is 9.61 Å². The van der Waals surface area contributed by atoms with Gasteiger partial charge in [0.05, 0.1) is 5.52 Å². The Morgan fingerprint density at radius 1 is 1.14 bits per heavy atom. The number of hydrogen-bond acceptors (Lipinski definition) is 1. The molecule has 0 saturated heterocycles. The highest BCUT2D eigenvalue weighted by Gasteiger charge is 2.24. The molecule has 0 radical (unpaired) electrons. The number of nitrogens with zero attached hydrogens (tertiary/aromatic N) is 2. The van der Waals surface area contributed by atoms with E-state index < -0.39 is 0 Å². The van der Waals surface area contributed by atoms with Gasteiger partial charge in [-0.1, -0.05) is 65.8 Å². The lowest BCUT2D eigenvalue weighted by molar-refractivity contribution is 0.597. The maximum atomic E-state index is 5.07. The van der Waals surface area contributed by atoms with Crippen molar-refractivity contribution in [3.8, 4) is 0 Å². The van der Waals surface area contributed by atoms with Gasteiger partial charge in [-0.25, -0.2) is 4.52 Å². The van der Waals surface area contributed by atoms with Gasteiger partial charge in [0.15, 0.2) is 0 Å². The van der Waals surface area contributed by atoms with Crippen molar-refractivity contribution in [2.45, 2.75) is 58.8 Å². The molecule has 2 nitrogen and oxygen atoms in total. The minimum atomic E-state index is 0.0329. The summed E-state index contributed by atoms with van der Waals surface area (Å²) in [7, 11) is 0. The number of fused-ring (bicyclic) bond motifs is 5. The van der Waals surface area contributed by atoms with Crippen molar-refractivity contribution < 1.29 is 0 Å². The Labute approximate surface area is 167 Å². The Morgan fingerprint density at radius 3 is 2.61 bits per heavy atom. The summed E-state index contributed by atoms with van der Waals surface area (Å²) in [5.41, 5.74) is 6.28. The summed E-state index contributed by atoms with van der Waals surface area (Å²) >= 11 is 0. The topological polar surface area (TPSA) is 17.3 Å². The van der Waals surface area contributed by atoms with Crippen LogP contribution < -0.4 is 0 Å². The van der Waals surface area contributed by atoms with Crippen LogP contribution in [0.4, 0.5) is 0 Å². The molecule has 0 N–H and O–H groups in total. The van der Waals surface area contributed by atoms with Gasteiger partial charge < -0.3 is 0 Å². The molecule has 0 fully saturated rings. The van der Waals surface area contributed by atoms with Gasteiger partial charge in [-0.15, -0.1) is 0 Å². The lowest BCUT2D eigenvalue weighted by Crippen LogP contribution is -2.12. The first-order valence-corrected chi connectivity index (χ1v) is 10.4. The lowest BCUT2D eigenvalue weighted by Gasteiger charge is -2.23. The van der Waals surface area contributed by atoms with Gasteiger partial charge in [-0.05, 0) is 64.1 Å². The average molecular weight is 371 g/mol. The number of benzene rings is 2. The molecule has 2 aromatic heterocycles. The van der Waals surface area contributed by atoms with Gasteiger partial charge in [0.1, 0.15) is 5.52 Å². The second-order valence-corrected chi connectivity index (χ2v) is 9.03. The highest BCUT2D eigenvalue weighted by molar-refractivity contribution is 6.14. The number of rotatable bonds is 4. The molecule has 144 valence electrons. The van der Waals surface area contributed by atoms with Crippen LogP contribution in [0.5, 0.6) is 0 Å². The first kappa shape index (κ1) is 18.7. The lowest BCUT2D eigenvalue weighted by atomic mass is 9.81. The molecule has 4 rings (SSSR count). The Hall–Kier alpha value is -2.61. The van der Waals surface area contributed by atoms with Gasteiger partial charge >= 0.3 is 0 Å². The fourth-order valence-electron chi connectivity index (χ4n) is 4.45. The number of hydrogen-bond donors (Lipinski definition) is 0. The SMILES string of the molecule is C=Cc1cc(C(C)CCC)c2c(c1)cc(C(C)(C)C)c1c2nn2ccccc12. The zero-order valence-corrected chi connectivity index (χ0v) is 17.7. The third-order valence-electron chi connectivity index (χ3n) is 5.86. The van der Waals surface area contributed by atoms with Gasteiger partial charge in [-0.2, -0.15) is 5.10 Å².